The standard InChI is InChI=1S/C18H26FN3O2/c1-18(2)10-15(14-7-6-12(19)9-16(14)24-18)21-17(23)20-11-13-5-4-8-22(13)3/h6-7,9,13,15H,4-5,8,10-11H2,1-3H3,(H2,20,21,23). The minimum absolute atomic E-state index is 0.187. The van der Waals surface area contributed by atoms with Crippen molar-refractivity contribution in [2.75, 3.05) is 20.1 Å². The molecule has 2 aliphatic heterocycles. The number of nitrogens with zero attached hydrogens (tertiary/aromatic N) is 1. The summed E-state index contributed by atoms with van der Waals surface area (Å²) in [6.45, 7) is 5.62. The van der Waals surface area contributed by atoms with E-state index >= 15 is 0 Å². The first kappa shape index (κ1) is 17.0. The summed E-state index contributed by atoms with van der Waals surface area (Å²) in [5.41, 5.74) is 0.369. The summed E-state index contributed by atoms with van der Waals surface area (Å²) in [5.74, 6) is 0.172. The van der Waals surface area contributed by atoms with Crippen molar-refractivity contribution in [1.29, 1.82) is 0 Å². The second-order valence-electron chi connectivity index (χ2n) is 7.43. The fourth-order valence-electron chi connectivity index (χ4n) is 3.61. The Bertz CT molecular complexity index is 620. The fraction of sp³-hybridized carbons (Fsp3) is 0.611. The summed E-state index contributed by atoms with van der Waals surface area (Å²) < 4.78 is 19.3. The number of benzene rings is 1. The maximum Gasteiger partial charge on any atom is 0.315 e. The van der Waals surface area contributed by atoms with Crippen LogP contribution >= 0.6 is 0 Å². The van der Waals surface area contributed by atoms with Crippen LogP contribution in [-0.2, 0) is 0 Å². The Morgan fingerprint density at radius 3 is 2.96 bits per heavy atom. The highest BCUT2D eigenvalue weighted by molar-refractivity contribution is 5.74. The highest BCUT2D eigenvalue weighted by atomic mass is 19.1. The van der Waals surface area contributed by atoms with Gasteiger partial charge in [-0.3, -0.25) is 0 Å². The van der Waals surface area contributed by atoms with Gasteiger partial charge in [-0.2, -0.15) is 0 Å². The van der Waals surface area contributed by atoms with Crippen molar-refractivity contribution >= 4 is 6.03 Å². The number of carbonyl (C=O) groups is 1. The van der Waals surface area contributed by atoms with Crippen molar-refractivity contribution in [3.05, 3.63) is 29.6 Å². The molecule has 0 bridgehead atoms. The Hall–Kier alpha value is -1.82. The van der Waals surface area contributed by atoms with Crippen LogP contribution in [0.2, 0.25) is 0 Å². The number of nitrogens with one attached hydrogen (secondary N) is 2. The first-order valence-corrected chi connectivity index (χ1v) is 8.57. The van der Waals surface area contributed by atoms with Gasteiger partial charge in [0.2, 0.25) is 0 Å². The summed E-state index contributed by atoms with van der Waals surface area (Å²) >= 11 is 0. The molecule has 6 heteroatoms. The Balaban J connectivity index is 1.64. The van der Waals surface area contributed by atoms with Crippen LogP contribution in [0.15, 0.2) is 18.2 Å². The molecule has 2 aliphatic rings. The minimum atomic E-state index is -0.454. The quantitative estimate of drug-likeness (QED) is 0.893. The molecule has 3 rings (SSSR count). The number of carbonyl (C=O) groups excluding carboxylic acids is 1. The van der Waals surface area contributed by atoms with Crippen molar-refractivity contribution in [2.24, 2.45) is 0 Å². The lowest BCUT2D eigenvalue weighted by Gasteiger charge is -2.38. The fourth-order valence-corrected chi connectivity index (χ4v) is 3.61. The van der Waals surface area contributed by atoms with E-state index in [1.165, 1.54) is 18.6 Å². The van der Waals surface area contributed by atoms with E-state index in [4.69, 9.17) is 4.74 Å². The predicted octanol–water partition coefficient (Wildman–Crippen LogP) is 2.82. The van der Waals surface area contributed by atoms with E-state index in [1.54, 1.807) is 6.07 Å². The first-order valence-electron chi connectivity index (χ1n) is 8.57. The summed E-state index contributed by atoms with van der Waals surface area (Å²) in [4.78, 5) is 14.6. The highest BCUT2D eigenvalue weighted by Crippen LogP contribution is 2.39. The number of fused-ring (bicyclic) bond motifs is 1. The summed E-state index contributed by atoms with van der Waals surface area (Å²) in [6, 6.07) is 4.51. The van der Waals surface area contributed by atoms with Gasteiger partial charge in [0.15, 0.2) is 0 Å². The number of hydrogen-bond donors (Lipinski definition) is 2. The molecule has 1 fully saturated rings. The molecule has 2 N–H and O–H groups in total. The zero-order valence-corrected chi connectivity index (χ0v) is 14.6. The molecule has 1 aromatic carbocycles. The monoisotopic (exact) mass is 335 g/mol. The van der Waals surface area contributed by atoms with Gasteiger partial charge in [0, 0.05) is 30.6 Å². The van der Waals surface area contributed by atoms with E-state index in [9.17, 15) is 9.18 Å². The smallest absolute Gasteiger partial charge is 0.315 e. The van der Waals surface area contributed by atoms with Gasteiger partial charge in [0.25, 0.3) is 0 Å². The maximum absolute atomic E-state index is 13.5. The average molecular weight is 335 g/mol. The van der Waals surface area contributed by atoms with Crippen molar-refractivity contribution in [1.82, 2.24) is 15.5 Å². The van der Waals surface area contributed by atoms with Crippen LogP contribution in [0.3, 0.4) is 0 Å². The predicted molar refractivity (Wildman–Crippen MR) is 90.7 cm³/mol. The molecule has 0 radical (unpaired) electrons. The molecule has 0 saturated carbocycles. The average Bonchev–Trinajstić information content (AvgIpc) is 2.88. The number of urea groups is 1. The van der Waals surface area contributed by atoms with Gasteiger partial charge in [0.1, 0.15) is 17.2 Å². The van der Waals surface area contributed by atoms with Gasteiger partial charge in [-0.1, -0.05) is 6.07 Å². The second kappa shape index (κ2) is 6.59. The van der Waals surface area contributed by atoms with E-state index < -0.39 is 5.60 Å². The molecule has 1 aromatic rings. The molecule has 0 spiro atoms. The Kier molecular flexibility index (Phi) is 4.67. The van der Waals surface area contributed by atoms with E-state index in [2.05, 4.69) is 22.6 Å². The molecule has 0 aliphatic carbocycles. The van der Waals surface area contributed by atoms with Crippen LogP contribution in [0.1, 0.15) is 44.7 Å². The Labute approximate surface area is 142 Å². The molecule has 2 unspecified atom stereocenters. The third-order valence-corrected chi connectivity index (χ3v) is 4.91. The van der Waals surface area contributed by atoms with E-state index in [0.29, 0.717) is 24.8 Å². The van der Waals surface area contributed by atoms with Crippen molar-refractivity contribution in [3.8, 4) is 5.75 Å². The van der Waals surface area contributed by atoms with Crippen LogP contribution in [0.5, 0.6) is 5.75 Å². The number of hydrogen-bond acceptors (Lipinski definition) is 3. The number of likely N-dealkylation sites (tertiary alicyclic amines) is 1. The summed E-state index contributed by atoms with van der Waals surface area (Å²) in [5, 5.41) is 5.98. The van der Waals surface area contributed by atoms with Gasteiger partial charge in [-0.05, 0) is 46.3 Å². The largest absolute Gasteiger partial charge is 0.487 e. The lowest BCUT2D eigenvalue weighted by molar-refractivity contribution is 0.0674. The van der Waals surface area contributed by atoms with Crippen LogP contribution in [0.25, 0.3) is 0 Å². The Morgan fingerprint density at radius 2 is 2.25 bits per heavy atom. The molecule has 5 nitrogen and oxygen atoms in total. The topological polar surface area (TPSA) is 53.6 Å². The molecule has 24 heavy (non-hydrogen) atoms. The highest BCUT2D eigenvalue weighted by Gasteiger charge is 2.35. The molecule has 2 atom stereocenters. The van der Waals surface area contributed by atoms with Gasteiger partial charge in [-0.15, -0.1) is 0 Å². The number of amides is 2. The number of ether oxygens (including phenoxy) is 1. The minimum Gasteiger partial charge on any atom is -0.487 e. The molecular formula is C18H26FN3O2. The lowest BCUT2D eigenvalue weighted by Crippen LogP contribution is -2.47. The third-order valence-electron chi connectivity index (χ3n) is 4.91. The third kappa shape index (κ3) is 3.80. The van der Waals surface area contributed by atoms with E-state index in [0.717, 1.165) is 18.5 Å². The van der Waals surface area contributed by atoms with Crippen LogP contribution in [0, 0.1) is 5.82 Å². The first-order chi connectivity index (χ1) is 11.3. The second-order valence-corrected chi connectivity index (χ2v) is 7.43. The van der Waals surface area contributed by atoms with Crippen LogP contribution < -0.4 is 15.4 Å². The SMILES string of the molecule is CN1CCCC1CNC(=O)NC1CC(C)(C)Oc2cc(F)ccc21. The zero-order valence-electron chi connectivity index (χ0n) is 14.6. The lowest BCUT2D eigenvalue weighted by atomic mass is 9.90. The van der Waals surface area contributed by atoms with Crippen LogP contribution in [0.4, 0.5) is 9.18 Å². The number of halogens is 1. The zero-order chi connectivity index (χ0) is 17.3. The van der Waals surface area contributed by atoms with Gasteiger partial charge in [0.05, 0.1) is 6.04 Å². The van der Waals surface area contributed by atoms with Gasteiger partial charge in [-0.25, -0.2) is 9.18 Å². The van der Waals surface area contributed by atoms with Gasteiger partial charge < -0.3 is 20.3 Å². The molecule has 1 saturated heterocycles. The number of rotatable bonds is 3. The molecule has 132 valence electrons. The van der Waals surface area contributed by atoms with Crippen molar-refractivity contribution in [3.63, 3.8) is 0 Å². The summed E-state index contributed by atoms with van der Waals surface area (Å²) in [7, 11) is 2.09. The number of likely N-dealkylation sites (N-methyl/N-ethyl adjacent to an activating group) is 1. The normalized spacial score (nSPS) is 25.7. The maximum atomic E-state index is 13.5. The molecule has 0 aromatic heterocycles. The molecular weight excluding hydrogens is 309 g/mol. The Morgan fingerprint density at radius 1 is 1.46 bits per heavy atom. The van der Waals surface area contributed by atoms with E-state index in [-0.39, 0.29) is 17.9 Å². The van der Waals surface area contributed by atoms with Crippen LogP contribution in [-0.4, -0.2) is 42.7 Å². The molecule has 2 heterocycles. The van der Waals surface area contributed by atoms with Crippen molar-refractivity contribution < 1.29 is 13.9 Å². The summed E-state index contributed by atoms with van der Waals surface area (Å²) in [6.07, 6.45) is 2.93. The van der Waals surface area contributed by atoms with Gasteiger partial charge >= 0.3 is 6.03 Å². The van der Waals surface area contributed by atoms with Crippen molar-refractivity contribution in [2.45, 2.75) is 50.8 Å². The molecule has 2 amide bonds. The van der Waals surface area contributed by atoms with E-state index in [1.807, 2.05) is 13.8 Å².